The number of hydrogen-bond acceptors (Lipinski definition) is 3. The zero-order chi connectivity index (χ0) is 18.2. The Balaban J connectivity index is 2.27. The number of aldehydes is 1. The molecule has 1 aromatic carbocycles. The Kier molecular flexibility index (Phi) is 3.87. The van der Waals surface area contributed by atoms with Gasteiger partial charge in [0.15, 0.2) is 6.29 Å². The van der Waals surface area contributed by atoms with Crippen LogP contribution in [0.3, 0.4) is 0 Å². The third kappa shape index (κ3) is 4.19. The molecule has 2 rings (SSSR count). The molecule has 0 fully saturated rings. The minimum Gasteiger partial charge on any atom is -0.439 e. The van der Waals surface area contributed by atoms with Gasteiger partial charge in [0.25, 0.3) is 0 Å². The highest BCUT2D eigenvalue weighted by Gasteiger charge is 2.65. The highest BCUT2D eigenvalue weighted by Crippen LogP contribution is 3.02. The molecule has 0 radical (unpaired) electrons. The molecule has 1 aromatic heterocycles. The largest absolute Gasteiger partial charge is 0.439 e. The van der Waals surface area contributed by atoms with Gasteiger partial charge in [0.2, 0.25) is 12.3 Å². The molecule has 2 aromatic rings. The smallest absolute Gasteiger partial charge is 0.310 e. The maximum atomic E-state index is 12.6. The van der Waals surface area contributed by atoms with E-state index in [1.165, 1.54) is 0 Å². The number of benzene rings is 1. The first-order valence-electron chi connectivity index (χ1n) is 6.13. The highest BCUT2D eigenvalue weighted by atomic mass is 32.5. The molecule has 0 bridgehead atoms. The molecule has 0 aliphatic rings. The molecular weight excluding hydrogens is 369 g/mol. The van der Waals surface area contributed by atoms with Gasteiger partial charge in [-0.25, -0.2) is 13.9 Å². The van der Waals surface area contributed by atoms with Crippen LogP contribution in [0.15, 0.2) is 29.2 Å². The second-order valence-corrected chi connectivity index (χ2v) is 7.08. The van der Waals surface area contributed by atoms with Gasteiger partial charge in [-0.2, -0.15) is 5.10 Å². The van der Waals surface area contributed by atoms with E-state index in [4.69, 9.17) is 4.74 Å². The fraction of sp³-hybridized carbons (Fsp3) is 0.167. The molecule has 1 heterocycles. The monoisotopic (exact) mass is 378 g/mol. The van der Waals surface area contributed by atoms with Crippen molar-refractivity contribution in [3.05, 3.63) is 35.5 Å². The number of carbonyl (C=O) groups excluding carboxylic acids is 1. The van der Waals surface area contributed by atoms with Crippen molar-refractivity contribution in [2.45, 2.75) is 17.7 Å². The maximum Gasteiger partial charge on any atom is 0.310 e. The summed E-state index contributed by atoms with van der Waals surface area (Å²) in [5.74, 6) is -0.711. The Morgan fingerprint density at radius 3 is 2.17 bits per heavy atom. The summed E-state index contributed by atoms with van der Waals surface area (Å²) in [6, 6.07) is 1.45. The lowest BCUT2D eigenvalue weighted by molar-refractivity contribution is 0.111. The van der Waals surface area contributed by atoms with Gasteiger partial charge in [-0.15, -0.1) is 0 Å². The molecule has 4 nitrogen and oxygen atoms in total. The first-order chi connectivity index (χ1) is 10.8. The summed E-state index contributed by atoms with van der Waals surface area (Å²) in [5.41, 5.74) is -0.634. The number of hydrogen-bond donors (Lipinski definition) is 1. The summed E-state index contributed by atoms with van der Waals surface area (Å²) in [7, 11) is -9.80. The number of aromatic nitrogens is 2. The van der Waals surface area contributed by atoms with E-state index in [0.29, 0.717) is 12.1 Å². The summed E-state index contributed by atoms with van der Waals surface area (Å²) in [4.78, 5) is 8.81. The van der Waals surface area contributed by atoms with Gasteiger partial charge in [-0.1, -0.05) is 19.4 Å². The van der Waals surface area contributed by atoms with Crippen LogP contribution in [0.4, 0.5) is 28.2 Å². The molecular formula is C12H9F7N2O2S. The van der Waals surface area contributed by atoms with Crippen LogP contribution >= 0.6 is 10.2 Å². The number of halogens is 7. The Hall–Kier alpha value is -2.24. The van der Waals surface area contributed by atoms with Gasteiger partial charge in [-0.3, -0.25) is 4.79 Å². The van der Waals surface area contributed by atoms with Crippen LogP contribution in [0, 0.1) is 0 Å². The van der Waals surface area contributed by atoms with Crippen molar-refractivity contribution in [1.82, 2.24) is 10.2 Å². The highest BCUT2D eigenvalue weighted by molar-refractivity contribution is 8.45. The fourth-order valence-electron chi connectivity index (χ4n) is 1.75. The topological polar surface area (TPSA) is 55.0 Å². The number of nitrogens with zero attached hydrogens (tertiary/aromatic N) is 1. The Morgan fingerprint density at radius 2 is 1.71 bits per heavy atom. The lowest BCUT2D eigenvalue weighted by atomic mass is 10.2. The van der Waals surface area contributed by atoms with Gasteiger partial charge in [0.1, 0.15) is 10.6 Å². The lowest BCUT2D eigenvalue weighted by Crippen LogP contribution is -2.05. The SMILES string of the molecule is O=Cc1c(CC(F)F)n[nH]c1Oc1ccc(S(F)(F)(F)(F)F)cc1. The Bertz CT molecular complexity index is 756. The summed E-state index contributed by atoms with van der Waals surface area (Å²) in [6.45, 7) is 0. The number of carbonyl (C=O) groups is 1. The van der Waals surface area contributed by atoms with E-state index in [0.717, 1.165) is 0 Å². The second-order valence-electron chi connectivity index (χ2n) is 4.67. The number of nitrogens with one attached hydrogen (secondary N) is 1. The Labute approximate surface area is 130 Å². The lowest BCUT2D eigenvalue weighted by Gasteiger charge is -2.40. The summed E-state index contributed by atoms with van der Waals surface area (Å²) < 4.78 is 92.5. The van der Waals surface area contributed by atoms with E-state index in [-0.39, 0.29) is 41.3 Å². The van der Waals surface area contributed by atoms with E-state index in [9.17, 15) is 33.0 Å². The zero-order valence-electron chi connectivity index (χ0n) is 11.5. The van der Waals surface area contributed by atoms with Crippen molar-refractivity contribution in [2.75, 3.05) is 0 Å². The number of alkyl halides is 2. The average molecular weight is 378 g/mol. The average Bonchev–Trinajstić information content (AvgIpc) is 2.77. The predicted molar refractivity (Wildman–Crippen MR) is 71.6 cm³/mol. The fourth-order valence-corrected chi connectivity index (χ4v) is 2.40. The van der Waals surface area contributed by atoms with Crippen LogP contribution < -0.4 is 4.74 Å². The van der Waals surface area contributed by atoms with Gasteiger partial charge < -0.3 is 4.74 Å². The van der Waals surface area contributed by atoms with Crippen LogP contribution in [0.2, 0.25) is 0 Å². The molecule has 0 spiro atoms. The third-order valence-electron chi connectivity index (χ3n) is 2.80. The first kappa shape index (κ1) is 18.1. The minimum absolute atomic E-state index is 0.119. The molecule has 0 unspecified atom stereocenters. The zero-order valence-corrected chi connectivity index (χ0v) is 12.3. The van der Waals surface area contributed by atoms with Crippen molar-refractivity contribution in [3.8, 4) is 11.6 Å². The van der Waals surface area contributed by atoms with Crippen LogP contribution in [0.1, 0.15) is 16.1 Å². The van der Waals surface area contributed by atoms with E-state index >= 15 is 0 Å². The standard InChI is InChI=1S/C12H9F7N2O2S/c13-11(14)5-10-9(6-22)12(21-20-10)23-7-1-3-8(4-2-7)24(15,16,17,18)19/h1-4,6,11H,5H2,(H,20,21). The van der Waals surface area contributed by atoms with Crippen molar-refractivity contribution in [2.24, 2.45) is 0 Å². The van der Waals surface area contributed by atoms with E-state index < -0.39 is 28.0 Å². The van der Waals surface area contributed by atoms with E-state index in [2.05, 4.69) is 10.2 Å². The van der Waals surface area contributed by atoms with Crippen molar-refractivity contribution >= 4 is 16.5 Å². The molecule has 0 saturated carbocycles. The summed E-state index contributed by atoms with van der Waals surface area (Å²) in [6.07, 6.45) is -3.44. The van der Waals surface area contributed by atoms with Gasteiger partial charge in [-0.05, 0) is 24.3 Å². The summed E-state index contributed by atoms with van der Waals surface area (Å²) >= 11 is 0. The number of ether oxygens (including phenoxy) is 1. The maximum absolute atomic E-state index is 12.6. The first-order valence-corrected chi connectivity index (χ1v) is 8.08. The van der Waals surface area contributed by atoms with Crippen LogP contribution in [-0.2, 0) is 6.42 Å². The molecule has 0 saturated heterocycles. The third-order valence-corrected chi connectivity index (χ3v) is 3.97. The molecule has 0 aliphatic carbocycles. The molecule has 1 N–H and O–H groups in total. The minimum atomic E-state index is -9.80. The van der Waals surface area contributed by atoms with Crippen LogP contribution in [-0.4, -0.2) is 22.9 Å². The molecule has 0 amide bonds. The van der Waals surface area contributed by atoms with Gasteiger partial charge >= 0.3 is 10.2 Å². The Morgan fingerprint density at radius 1 is 1.12 bits per heavy atom. The number of aromatic amines is 1. The molecule has 0 atom stereocenters. The number of rotatable bonds is 6. The number of H-pyrrole nitrogens is 1. The van der Waals surface area contributed by atoms with E-state index in [1.807, 2.05) is 0 Å². The quantitative estimate of drug-likeness (QED) is 0.535. The molecule has 24 heavy (non-hydrogen) atoms. The predicted octanol–water partition coefficient (Wildman–Crippen LogP) is 5.48. The van der Waals surface area contributed by atoms with Gasteiger partial charge in [0.05, 0.1) is 17.7 Å². The molecule has 134 valence electrons. The van der Waals surface area contributed by atoms with Crippen LogP contribution in [0.5, 0.6) is 11.6 Å². The molecule has 0 aliphatic heterocycles. The molecule has 12 heteroatoms. The van der Waals surface area contributed by atoms with Crippen LogP contribution in [0.25, 0.3) is 0 Å². The van der Waals surface area contributed by atoms with Crippen molar-refractivity contribution in [1.29, 1.82) is 0 Å². The second kappa shape index (κ2) is 5.13. The van der Waals surface area contributed by atoms with E-state index in [1.54, 1.807) is 0 Å². The van der Waals surface area contributed by atoms with Crippen molar-refractivity contribution in [3.63, 3.8) is 0 Å². The van der Waals surface area contributed by atoms with Crippen molar-refractivity contribution < 1.29 is 37.7 Å². The van der Waals surface area contributed by atoms with Gasteiger partial charge in [0, 0.05) is 0 Å². The summed E-state index contributed by atoms with van der Waals surface area (Å²) in [5, 5.41) is 5.59. The normalized spacial score (nSPS) is 15.0.